The van der Waals surface area contributed by atoms with Crippen molar-refractivity contribution in [1.82, 2.24) is 19.8 Å². The van der Waals surface area contributed by atoms with Crippen molar-refractivity contribution in [1.29, 1.82) is 0 Å². The maximum Gasteiger partial charge on any atom is 0.225 e. The number of anilines is 1. The van der Waals surface area contributed by atoms with Gasteiger partial charge in [-0.1, -0.05) is 30.2 Å². The van der Waals surface area contributed by atoms with E-state index >= 15 is 0 Å². The molecule has 158 valence electrons. The van der Waals surface area contributed by atoms with E-state index in [4.69, 9.17) is 9.97 Å². The lowest BCUT2D eigenvalue weighted by Crippen LogP contribution is -2.52. The largest absolute Gasteiger partial charge is 0.338 e. The highest BCUT2D eigenvalue weighted by atomic mass is 15.3. The second kappa shape index (κ2) is 9.86. The van der Waals surface area contributed by atoms with Crippen LogP contribution in [0.15, 0.2) is 30.0 Å². The fourth-order valence-electron chi connectivity index (χ4n) is 4.55. The zero-order chi connectivity index (χ0) is 20.1. The van der Waals surface area contributed by atoms with Gasteiger partial charge in [0.05, 0.1) is 5.69 Å². The average molecular weight is 396 g/mol. The van der Waals surface area contributed by atoms with Gasteiger partial charge < -0.3 is 9.80 Å². The highest BCUT2D eigenvalue weighted by Gasteiger charge is 2.28. The number of rotatable bonds is 6. The molecule has 0 radical (unpaired) electrons. The molecule has 0 atom stereocenters. The summed E-state index contributed by atoms with van der Waals surface area (Å²) in [6.07, 6.45) is 16.2. The summed E-state index contributed by atoms with van der Waals surface area (Å²) in [5.41, 5.74) is 3.97. The summed E-state index contributed by atoms with van der Waals surface area (Å²) in [6, 6.07) is 0.854. The van der Waals surface area contributed by atoms with Crippen LogP contribution in [0.2, 0.25) is 0 Å². The van der Waals surface area contributed by atoms with Gasteiger partial charge in [0.2, 0.25) is 5.95 Å². The first-order chi connectivity index (χ1) is 14.2. The molecular weight excluding hydrogens is 358 g/mol. The van der Waals surface area contributed by atoms with Crippen molar-refractivity contribution in [2.45, 2.75) is 58.4 Å². The van der Waals surface area contributed by atoms with Gasteiger partial charge >= 0.3 is 0 Å². The molecule has 1 aromatic rings. The Kier molecular flexibility index (Phi) is 6.98. The molecule has 5 heteroatoms. The van der Waals surface area contributed by atoms with Crippen LogP contribution in [-0.2, 0) is 12.8 Å². The quantitative estimate of drug-likeness (QED) is 0.689. The monoisotopic (exact) mass is 395 g/mol. The minimum Gasteiger partial charge on any atom is -0.338 e. The average Bonchev–Trinajstić information content (AvgIpc) is 2.92. The van der Waals surface area contributed by atoms with Gasteiger partial charge in [0.1, 0.15) is 0 Å². The number of aromatic nitrogens is 2. The lowest BCUT2D eigenvalue weighted by Gasteiger charge is -2.43. The van der Waals surface area contributed by atoms with Crippen LogP contribution in [-0.4, -0.2) is 71.6 Å². The summed E-state index contributed by atoms with van der Waals surface area (Å²) >= 11 is 0. The standard InChI is InChI=1S/C24H37N5/c1-3-20(2)7-4-5-12-27-13-10-21-19-25-24(26-23(21)11-14-27)29-17-15-28(16-18-29)22-8-6-9-22/h3-4,7,19,22H,5-6,8-18H2,1-2H3/b7-4-,20-3-. The Morgan fingerprint density at radius 3 is 2.62 bits per heavy atom. The number of piperazine rings is 1. The van der Waals surface area contributed by atoms with Crippen LogP contribution in [0.25, 0.3) is 0 Å². The van der Waals surface area contributed by atoms with Gasteiger partial charge in [-0.3, -0.25) is 4.90 Å². The van der Waals surface area contributed by atoms with Gasteiger partial charge in [-0.25, -0.2) is 9.97 Å². The van der Waals surface area contributed by atoms with E-state index in [0.29, 0.717) is 0 Å². The number of nitrogens with zero attached hydrogens (tertiary/aromatic N) is 5. The maximum absolute atomic E-state index is 5.01. The van der Waals surface area contributed by atoms with E-state index in [1.54, 1.807) is 0 Å². The van der Waals surface area contributed by atoms with Gasteiger partial charge in [0.15, 0.2) is 0 Å². The molecule has 4 rings (SSSR count). The molecule has 2 aliphatic heterocycles. The second-order valence-electron chi connectivity index (χ2n) is 8.82. The van der Waals surface area contributed by atoms with Gasteiger partial charge in [0, 0.05) is 64.5 Å². The zero-order valence-corrected chi connectivity index (χ0v) is 18.3. The van der Waals surface area contributed by atoms with Crippen molar-refractivity contribution >= 4 is 5.95 Å². The van der Waals surface area contributed by atoms with E-state index < -0.39 is 0 Å². The Balaban J connectivity index is 1.29. The minimum absolute atomic E-state index is 0.854. The van der Waals surface area contributed by atoms with E-state index in [9.17, 15) is 0 Å². The van der Waals surface area contributed by atoms with Crippen LogP contribution in [0.4, 0.5) is 5.95 Å². The Morgan fingerprint density at radius 2 is 1.90 bits per heavy atom. The smallest absolute Gasteiger partial charge is 0.225 e. The van der Waals surface area contributed by atoms with Crippen LogP contribution in [0.3, 0.4) is 0 Å². The molecule has 5 nitrogen and oxygen atoms in total. The third-order valence-corrected chi connectivity index (χ3v) is 6.94. The predicted molar refractivity (Wildman–Crippen MR) is 120 cm³/mol. The highest BCUT2D eigenvalue weighted by molar-refractivity contribution is 5.35. The molecule has 0 N–H and O–H groups in total. The normalized spacial score (nSPS) is 22.6. The summed E-state index contributed by atoms with van der Waals surface area (Å²) in [6.45, 7) is 12.1. The molecule has 3 heterocycles. The van der Waals surface area contributed by atoms with Gasteiger partial charge in [-0.05, 0) is 45.1 Å². The summed E-state index contributed by atoms with van der Waals surface area (Å²) in [4.78, 5) is 17.4. The molecule has 0 unspecified atom stereocenters. The molecule has 0 bridgehead atoms. The number of fused-ring (bicyclic) bond motifs is 1. The lowest BCUT2D eigenvalue weighted by molar-refractivity contribution is 0.120. The Hall–Kier alpha value is -1.72. The van der Waals surface area contributed by atoms with Gasteiger partial charge in [0.25, 0.3) is 0 Å². The van der Waals surface area contributed by atoms with Crippen molar-refractivity contribution in [3.05, 3.63) is 41.3 Å². The second-order valence-corrected chi connectivity index (χ2v) is 8.82. The molecule has 1 aliphatic carbocycles. The number of hydrogen-bond acceptors (Lipinski definition) is 5. The van der Waals surface area contributed by atoms with Crippen molar-refractivity contribution < 1.29 is 0 Å². The molecule has 3 aliphatic rings. The fourth-order valence-corrected chi connectivity index (χ4v) is 4.55. The molecule has 0 amide bonds. The van der Waals surface area contributed by atoms with Crippen molar-refractivity contribution in [2.24, 2.45) is 0 Å². The topological polar surface area (TPSA) is 35.5 Å². The summed E-state index contributed by atoms with van der Waals surface area (Å²) in [5.74, 6) is 0.954. The molecule has 1 saturated carbocycles. The molecule has 1 saturated heterocycles. The number of hydrogen-bond donors (Lipinski definition) is 0. The Morgan fingerprint density at radius 1 is 1.10 bits per heavy atom. The van der Waals surface area contributed by atoms with Crippen LogP contribution >= 0.6 is 0 Å². The highest BCUT2D eigenvalue weighted by Crippen LogP contribution is 2.26. The van der Waals surface area contributed by atoms with E-state index in [0.717, 1.165) is 64.0 Å². The van der Waals surface area contributed by atoms with E-state index in [2.05, 4.69) is 53.0 Å². The lowest BCUT2D eigenvalue weighted by atomic mass is 9.91. The first-order valence-corrected chi connectivity index (χ1v) is 11.6. The Labute approximate surface area is 176 Å². The molecule has 0 spiro atoms. The fraction of sp³-hybridized carbons (Fsp3) is 0.667. The third kappa shape index (κ3) is 5.26. The first-order valence-electron chi connectivity index (χ1n) is 11.6. The van der Waals surface area contributed by atoms with Crippen LogP contribution in [0.5, 0.6) is 0 Å². The van der Waals surface area contributed by atoms with Gasteiger partial charge in [-0.2, -0.15) is 0 Å². The third-order valence-electron chi connectivity index (χ3n) is 6.94. The van der Waals surface area contributed by atoms with Crippen LogP contribution in [0.1, 0.15) is 50.8 Å². The van der Waals surface area contributed by atoms with Crippen LogP contribution in [0, 0.1) is 0 Å². The zero-order valence-electron chi connectivity index (χ0n) is 18.3. The van der Waals surface area contributed by atoms with E-state index in [1.165, 1.54) is 49.2 Å². The summed E-state index contributed by atoms with van der Waals surface area (Å²) < 4.78 is 0. The van der Waals surface area contributed by atoms with Gasteiger partial charge in [-0.15, -0.1) is 0 Å². The molecule has 29 heavy (non-hydrogen) atoms. The summed E-state index contributed by atoms with van der Waals surface area (Å²) in [7, 11) is 0. The molecule has 2 fully saturated rings. The predicted octanol–water partition coefficient (Wildman–Crippen LogP) is 3.46. The summed E-state index contributed by atoms with van der Waals surface area (Å²) in [5, 5.41) is 0. The van der Waals surface area contributed by atoms with Crippen LogP contribution < -0.4 is 4.90 Å². The molecule has 0 aromatic carbocycles. The maximum atomic E-state index is 5.01. The molecule has 1 aromatic heterocycles. The number of allylic oxidation sites excluding steroid dienone is 3. The molecular formula is C24H37N5. The van der Waals surface area contributed by atoms with Crippen molar-refractivity contribution in [2.75, 3.05) is 50.7 Å². The van der Waals surface area contributed by atoms with Crippen molar-refractivity contribution in [3.8, 4) is 0 Å². The first kappa shape index (κ1) is 20.5. The van der Waals surface area contributed by atoms with E-state index in [1.807, 2.05) is 0 Å². The van der Waals surface area contributed by atoms with E-state index in [-0.39, 0.29) is 0 Å². The minimum atomic E-state index is 0.854. The van der Waals surface area contributed by atoms with Crippen molar-refractivity contribution in [3.63, 3.8) is 0 Å². The Bertz CT molecular complexity index is 729. The SMILES string of the molecule is C/C=C(C)\C=C/CCN1CCc2cnc(N3CCN(C4CCC4)CC3)nc2CC1.